The molecule has 0 unspecified atom stereocenters. The first-order valence-electron chi connectivity index (χ1n) is 7.74. The molecule has 24 heavy (non-hydrogen) atoms. The number of nitrogens with one attached hydrogen (secondary N) is 2. The van der Waals surface area contributed by atoms with Crippen molar-refractivity contribution < 1.29 is 4.79 Å². The van der Waals surface area contributed by atoms with Crippen LogP contribution in [0.25, 0.3) is 16.6 Å². The minimum Gasteiger partial charge on any atom is -0.352 e. The molecule has 0 spiro atoms. The Morgan fingerprint density at radius 1 is 1.08 bits per heavy atom. The Kier molecular flexibility index (Phi) is 4.29. The summed E-state index contributed by atoms with van der Waals surface area (Å²) in [6, 6.07) is 13.2. The number of aromatic nitrogens is 2. The molecule has 0 saturated heterocycles. The Bertz CT molecular complexity index is 1000. The molecule has 0 aliphatic heterocycles. The van der Waals surface area contributed by atoms with E-state index in [9.17, 15) is 14.4 Å². The smallest absolute Gasteiger partial charge is 0.333 e. The lowest BCUT2D eigenvalue weighted by Crippen LogP contribution is -2.33. The lowest BCUT2D eigenvalue weighted by atomic mass is 10.2. The summed E-state index contributed by atoms with van der Waals surface area (Å²) in [7, 11) is 0. The van der Waals surface area contributed by atoms with Crippen LogP contribution in [0, 0.1) is 0 Å². The van der Waals surface area contributed by atoms with Gasteiger partial charge < -0.3 is 10.3 Å². The topological polar surface area (TPSA) is 84.0 Å². The van der Waals surface area contributed by atoms with Gasteiger partial charge in [-0.15, -0.1) is 0 Å². The number of H-pyrrole nitrogens is 1. The molecule has 6 heteroatoms. The lowest BCUT2D eigenvalue weighted by Gasteiger charge is -2.08. The molecule has 0 atom stereocenters. The maximum Gasteiger partial charge on any atom is 0.333 e. The van der Waals surface area contributed by atoms with Gasteiger partial charge in [-0.05, 0) is 42.8 Å². The van der Waals surface area contributed by atoms with Crippen molar-refractivity contribution in [2.75, 3.05) is 6.54 Å². The predicted molar refractivity (Wildman–Crippen MR) is 92.8 cm³/mol. The van der Waals surface area contributed by atoms with Crippen molar-refractivity contribution in [3.8, 4) is 5.69 Å². The SMILES string of the molecule is CCCNC(=O)c1ccc(-n2c(=O)[nH]c3ccccc3c2=O)cc1. The van der Waals surface area contributed by atoms with E-state index in [0.29, 0.717) is 28.7 Å². The largest absolute Gasteiger partial charge is 0.352 e. The minimum atomic E-state index is -0.512. The van der Waals surface area contributed by atoms with Crippen LogP contribution in [0.3, 0.4) is 0 Å². The summed E-state index contributed by atoms with van der Waals surface area (Å²) in [5.74, 6) is -0.178. The van der Waals surface area contributed by atoms with Gasteiger partial charge in [0.2, 0.25) is 0 Å². The van der Waals surface area contributed by atoms with Gasteiger partial charge in [0.1, 0.15) is 0 Å². The molecule has 0 bridgehead atoms. The quantitative estimate of drug-likeness (QED) is 0.768. The third-order valence-electron chi connectivity index (χ3n) is 3.73. The summed E-state index contributed by atoms with van der Waals surface area (Å²) < 4.78 is 1.07. The van der Waals surface area contributed by atoms with Gasteiger partial charge in [-0.1, -0.05) is 19.1 Å². The van der Waals surface area contributed by atoms with E-state index >= 15 is 0 Å². The maximum atomic E-state index is 12.6. The molecule has 6 nitrogen and oxygen atoms in total. The Hall–Kier alpha value is -3.15. The van der Waals surface area contributed by atoms with E-state index in [1.165, 1.54) is 0 Å². The molecule has 0 saturated carbocycles. The molecule has 1 aromatic heterocycles. The molecule has 2 aromatic carbocycles. The second-order valence-electron chi connectivity index (χ2n) is 5.42. The number of amides is 1. The highest BCUT2D eigenvalue weighted by Crippen LogP contribution is 2.09. The third-order valence-corrected chi connectivity index (χ3v) is 3.73. The highest BCUT2D eigenvalue weighted by molar-refractivity contribution is 5.94. The molecular weight excluding hydrogens is 306 g/mol. The van der Waals surface area contributed by atoms with Crippen LogP contribution in [0.4, 0.5) is 0 Å². The highest BCUT2D eigenvalue weighted by atomic mass is 16.2. The number of nitrogens with zero attached hydrogens (tertiary/aromatic N) is 1. The number of carbonyl (C=O) groups excluding carboxylic acids is 1. The molecule has 2 N–H and O–H groups in total. The number of fused-ring (bicyclic) bond motifs is 1. The zero-order valence-electron chi connectivity index (χ0n) is 13.2. The molecule has 1 heterocycles. The summed E-state index contributed by atoms with van der Waals surface area (Å²) in [6.07, 6.45) is 0.853. The van der Waals surface area contributed by atoms with Crippen LogP contribution in [0.15, 0.2) is 58.1 Å². The lowest BCUT2D eigenvalue weighted by molar-refractivity contribution is 0.0953. The summed E-state index contributed by atoms with van der Waals surface area (Å²) in [5.41, 5.74) is 0.496. The Morgan fingerprint density at radius 2 is 1.79 bits per heavy atom. The maximum absolute atomic E-state index is 12.6. The van der Waals surface area contributed by atoms with Gasteiger partial charge in [-0.3, -0.25) is 9.59 Å². The number of hydrogen-bond acceptors (Lipinski definition) is 3. The fourth-order valence-corrected chi connectivity index (χ4v) is 2.50. The first-order valence-corrected chi connectivity index (χ1v) is 7.74. The van der Waals surface area contributed by atoms with Gasteiger partial charge in [-0.25, -0.2) is 9.36 Å². The van der Waals surface area contributed by atoms with Crippen molar-refractivity contribution in [1.29, 1.82) is 0 Å². The summed E-state index contributed by atoms with van der Waals surface area (Å²) in [4.78, 5) is 39.4. The average Bonchev–Trinajstić information content (AvgIpc) is 2.60. The van der Waals surface area contributed by atoms with E-state index in [1.54, 1.807) is 48.5 Å². The zero-order valence-corrected chi connectivity index (χ0v) is 13.2. The van der Waals surface area contributed by atoms with Gasteiger partial charge in [0.15, 0.2) is 0 Å². The fourth-order valence-electron chi connectivity index (χ4n) is 2.50. The highest BCUT2D eigenvalue weighted by Gasteiger charge is 2.10. The van der Waals surface area contributed by atoms with Gasteiger partial charge in [0.25, 0.3) is 11.5 Å². The van der Waals surface area contributed by atoms with Crippen LogP contribution in [-0.2, 0) is 0 Å². The van der Waals surface area contributed by atoms with Gasteiger partial charge >= 0.3 is 5.69 Å². The van der Waals surface area contributed by atoms with Crippen LogP contribution in [0.1, 0.15) is 23.7 Å². The van der Waals surface area contributed by atoms with Crippen molar-refractivity contribution in [1.82, 2.24) is 14.9 Å². The van der Waals surface area contributed by atoms with E-state index in [-0.39, 0.29) is 5.91 Å². The van der Waals surface area contributed by atoms with Gasteiger partial charge in [0.05, 0.1) is 16.6 Å². The molecule has 0 fully saturated rings. The Labute approximate surface area is 137 Å². The van der Waals surface area contributed by atoms with Crippen LogP contribution in [-0.4, -0.2) is 22.0 Å². The van der Waals surface area contributed by atoms with Crippen LogP contribution in [0.2, 0.25) is 0 Å². The third kappa shape index (κ3) is 2.86. The molecule has 0 radical (unpaired) electrons. The van der Waals surface area contributed by atoms with Gasteiger partial charge in [-0.2, -0.15) is 0 Å². The molecule has 3 aromatic rings. The monoisotopic (exact) mass is 323 g/mol. The van der Waals surface area contributed by atoms with Crippen molar-refractivity contribution in [2.45, 2.75) is 13.3 Å². The molecule has 0 aliphatic rings. The Balaban J connectivity index is 2.04. The number of rotatable bonds is 4. The van der Waals surface area contributed by atoms with E-state index in [1.807, 2.05) is 6.92 Å². The van der Waals surface area contributed by atoms with Crippen molar-refractivity contribution in [3.63, 3.8) is 0 Å². The van der Waals surface area contributed by atoms with E-state index in [2.05, 4.69) is 10.3 Å². The number of aromatic amines is 1. The van der Waals surface area contributed by atoms with E-state index in [0.717, 1.165) is 11.0 Å². The Morgan fingerprint density at radius 3 is 2.50 bits per heavy atom. The molecule has 3 rings (SSSR count). The second kappa shape index (κ2) is 6.54. The normalized spacial score (nSPS) is 10.7. The van der Waals surface area contributed by atoms with Crippen molar-refractivity contribution >= 4 is 16.8 Å². The summed E-state index contributed by atoms with van der Waals surface area (Å²) in [5, 5.41) is 3.21. The number of hydrogen-bond donors (Lipinski definition) is 2. The predicted octanol–water partition coefficient (Wildman–Crippen LogP) is 1.82. The first kappa shape index (κ1) is 15.7. The van der Waals surface area contributed by atoms with Gasteiger partial charge in [0, 0.05) is 12.1 Å². The summed E-state index contributed by atoms with van der Waals surface area (Å²) in [6.45, 7) is 2.58. The summed E-state index contributed by atoms with van der Waals surface area (Å²) >= 11 is 0. The molecule has 0 aliphatic carbocycles. The standard InChI is InChI=1S/C18H17N3O3/c1-2-11-19-16(22)12-7-9-13(10-8-12)21-17(23)14-5-3-4-6-15(14)20-18(21)24/h3-10H,2,11H2,1H3,(H,19,22)(H,20,24). The van der Waals surface area contributed by atoms with Crippen LogP contribution < -0.4 is 16.6 Å². The molecule has 122 valence electrons. The molecular formula is C18H17N3O3. The van der Waals surface area contributed by atoms with Crippen LogP contribution >= 0.6 is 0 Å². The van der Waals surface area contributed by atoms with Crippen molar-refractivity contribution in [2.24, 2.45) is 0 Å². The average molecular weight is 323 g/mol. The van der Waals surface area contributed by atoms with E-state index in [4.69, 9.17) is 0 Å². The molecule has 1 amide bonds. The number of para-hydroxylation sites is 1. The van der Waals surface area contributed by atoms with Crippen molar-refractivity contribution in [3.05, 3.63) is 74.9 Å². The van der Waals surface area contributed by atoms with E-state index < -0.39 is 11.2 Å². The number of carbonyl (C=O) groups is 1. The number of benzene rings is 2. The minimum absolute atomic E-state index is 0.178. The first-order chi connectivity index (χ1) is 11.6. The fraction of sp³-hybridized carbons (Fsp3) is 0.167. The second-order valence-corrected chi connectivity index (χ2v) is 5.42. The van der Waals surface area contributed by atoms with Crippen LogP contribution in [0.5, 0.6) is 0 Å². The zero-order chi connectivity index (χ0) is 17.1.